The van der Waals surface area contributed by atoms with E-state index in [0.717, 1.165) is 16.3 Å². The lowest BCUT2D eigenvalue weighted by Gasteiger charge is -2.07. The highest BCUT2D eigenvalue weighted by Crippen LogP contribution is 2.29. The van der Waals surface area contributed by atoms with Crippen LogP contribution in [0.4, 0.5) is 5.69 Å². The molecule has 1 aromatic heterocycles. The fraction of sp³-hybridized carbons (Fsp3) is 0.160. The van der Waals surface area contributed by atoms with Crippen LogP contribution in [-0.2, 0) is 22.6 Å². The monoisotopic (exact) mass is 413 g/mol. The number of carbonyl (C=O) groups is 2. The zero-order chi connectivity index (χ0) is 21.8. The standard InChI is InChI=1S/C25H23N3O3/c1-16-23(28-25(31-16)21-12-5-6-13-22(21)27-17(2)29)15-26-24(30)14-19-10-7-9-18-8-3-4-11-20(18)19/h3-13H,14-15H2,1-2H3,(H,26,30)(H,27,29). The summed E-state index contributed by atoms with van der Waals surface area (Å²) in [5.41, 5.74) is 2.95. The second-order valence-corrected chi connectivity index (χ2v) is 7.34. The van der Waals surface area contributed by atoms with Crippen molar-refractivity contribution in [2.75, 3.05) is 5.32 Å². The summed E-state index contributed by atoms with van der Waals surface area (Å²) >= 11 is 0. The molecule has 0 aliphatic rings. The van der Waals surface area contributed by atoms with Crippen LogP contribution in [0.15, 0.2) is 71.1 Å². The van der Waals surface area contributed by atoms with Crippen molar-refractivity contribution in [3.05, 3.63) is 83.7 Å². The molecule has 0 aliphatic carbocycles. The molecule has 0 radical (unpaired) electrons. The minimum atomic E-state index is -0.170. The highest BCUT2D eigenvalue weighted by molar-refractivity contribution is 5.93. The zero-order valence-electron chi connectivity index (χ0n) is 17.4. The molecule has 0 aliphatic heterocycles. The number of anilines is 1. The molecule has 0 saturated heterocycles. The van der Waals surface area contributed by atoms with Gasteiger partial charge in [-0.2, -0.15) is 0 Å². The van der Waals surface area contributed by atoms with Gasteiger partial charge in [0.25, 0.3) is 0 Å². The molecule has 1 heterocycles. The molecular weight excluding hydrogens is 390 g/mol. The number of carbonyl (C=O) groups excluding carboxylic acids is 2. The molecule has 0 atom stereocenters. The number of fused-ring (bicyclic) bond motifs is 1. The van der Waals surface area contributed by atoms with Gasteiger partial charge < -0.3 is 15.1 Å². The molecule has 3 aromatic carbocycles. The lowest BCUT2D eigenvalue weighted by molar-refractivity contribution is -0.120. The van der Waals surface area contributed by atoms with Gasteiger partial charge in [-0.1, -0.05) is 54.6 Å². The first-order valence-electron chi connectivity index (χ1n) is 10.1. The maximum Gasteiger partial charge on any atom is 0.228 e. The number of oxazole rings is 1. The molecule has 0 bridgehead atoms. The number of aryl methyl sites for hydroxylation is 1. The van der Waals surface area contributed by atoms with E-state index in [1.54, 1.807) is 6.07 Å². The Labute approximate surface area is 180 Å². The summed E-state index contributed by atoms with van der Waals surface area (Å²) in [5, 5.41) is 7.91. The quantitative estimate of drug-likeness (QED) is 0.483. The van der Waals surface area contributed by atoms with Gasteiger partial charge in [0, 0.05) is 6.92 Å². The number of nitrogens with one attached hydrogen (secondary N) is 2. The highest BCUT2D eigenvalue weighted by Gasteiger charge is 2.16. The topological polar surface area (TPSA) is 84.2 Å². The molecule has 0 unspecified atom stereocenters. The highest BCUT2D eigenvalue weighted by atomic mass is 16.4. The Bertz CT molecular complexity index is 1250. The van der Waals surface area contributed by atoms with Crippen LogP contribution < -0.4 is 10.6 Å². The van der Waals surface area contributed by atoms with E-state index in [1.165, 1.54) is 6.92 Å². The molecule has 4 rings (SSSR count). The summed E-state index contributed by atoms with van der Waals surface area (Å²) in [6.45, 7) is 3.53. The Balaban J connectivity index is 1.47. The van der Waals surface area contributed by atoms with Crippen LogP contribution in [0.3, 0.4) is 0 Å². The number of hydrogen-bond donors (Lipinski definition) is 2. The number of benzene rings is 3. The van der Waals surface area contributed by atoms with E-state index in [2.05, 4.69) is 15.6 Å². The summed E-state index contributed by atoms with van der Waals surface area (Å²) in [5.74, 6) is 0.772. The van der Waals surface area contributed by atoms with Crippen molar-refractivity contribution in [3.63, 3.8) is 0 Å². The van der Waals surface area contributed by atoms with E-state index in [9.17, 15) is 9.59 Å². The van der Waals surface area contributed by atoms with Gasteiger partial charge in [-0.05, 0) is 35.4 Å². The van der Waals surface area contributed by atoms with Gasteiger partial charge in [-0.3, -0.25) is 9.59 Å². The van der Waals surface area contributed by atoms with Crippen LogP contribution >= 0.6 is 0 Å². The van der Waals surface area contributed by atoms with E-state index in [0.29, 0.717) is 28.6 Å². The van der Waals surface area contributed by atoms with Crippen LogP contribution in [0.25, 0.3) is 22.2 Å². The van der Waals surface area contributed by atoms with E-state index in [1.807, 2.05) is 67.6 Å². The van der Waals surface area contributed by atoms with E-state index in [-0.39, 0.29) is 24.8 Å². The number of nitrogens with zero attached hydrogens (tertiary/aromatic N) is 1. The molecule has 2 N–H and O–H groups in total. The first kappa shape index (κ1) is 20.3. The minimum absolute atomic E-state index is 0.0843. The third-order valence-electron chi connectivity index (χ3n) is 5.04. The summed E-state index contributed by atoms with van der Waals surface area (Å²) in [7, 11) is 0. The van der Waals surface area contributed by atoms with Crippen molar-refractivity contribution in [2.24, 2.45) is 0 Å². The molecule has 156 valence electrons. The minimum Gasteiger partial charge on any atom is -0.441 e. The van der Waals surface area contributed by atoms with Crippen LogP contribution in [0.1, 0.15) is 23.9 Å². The Morgan fingerprint density at radius 1 is 0.968 bits per heavy atom. The van der Waals surface area contributed by atoms with Crippen LogP contribution in [-0.4, -0.2) is 16.8 Å². The summed E-state index contributed by atoms with van der Waals surface area (Å²) < 4.78 is 5.82. The van der Waals surface area contributed by atoms with E-state index >= 15 is 0 Å². The summed E-state index contributed by atoms with van der Waals surface area (Å²) in [4.78, 5) is 28.6. The summed E-state index contributed by atoms with van der Waals surface area (Å²) in [6, 6.07) is 21.3. The molecule has 4 aromatic rings. The first-order chi connectivity index (χ1) is 15.0. The first-order valence-corrected chi connectivity index (χ1v) is 10.1. The predicted octanol–water partition coefficient (Wildman–Crippen LogP) is 4.62. The molecule has 0 fully saturated rings. The van der Waals surface area contributed by atoms with Gasteiger partial charge >= 0.3 is 0 Å². The van der Waals surface area contributed by atoms with Gasteiger partial charge in [0.1, 0.15) is 11.5 Å². The molecule has 6 heteroatoms. The van der Waals surface area contributed by atoms with Gasteiger partial charge in [-0.15, -0.1) is 0 Å². The fourth-order valence-corrected chi connectivity index (χ4v) is 3.54. The summed E-state index contributed by atoms with van der Waals surface area (Å²) in [6.07, 6.45) is 0.288. The zero-order valence-corrected chi connectivity index (χ0v) is 17.4. The van der Waals surface area contributed by atoms with Gasteiger partial charge in [0.2, 0.25) is 17.7 Å². The lowest BCUT2D eigenvalue weighted by Crippen LogP contribution is -2.25. The van der Waals surface area contributed by atoms with Gasteiger partial charge in [-0.25, -0.2) is 4.98 Å². The number of para-hydroxylation sites is 1. The average Bonchev–Trinajstić information content (AvgIpc) is 3.13. The Morgan fingerprint density at radius 2 is 1.71 bits per heavy atom. The van der Waals surface area contributed by atoms with Crippen molar-refractivity contribution in [2.45, 2.75) is 26.8 Å². The molecule has 31 heavy (non-hydrogen) atoms. The maximum absolute atomic E-state index is 12.6. The average molecular weight is 413 g/mol. The lowest BCUT2D eigenvalue weighted by atomic mass is 10.0. The van der Waals surface area contributed by atoms with Crippen molar-refractivity contribution in [3.8, 4) is 11.5 Å². The molecule has 0 spiro atoms. The SMILES string of the molecule is CC(=O)Nc1ccccc1-c1nc(CNC(=O)Cc2cccc3ccccc23)c(C)o1. The largest absolute Gasteiger partial charge is 0.441 e. The Kier molecular flexibility index (Phi) is 5.80. The normalized spacial score (nSPS) is 10.8. The van der Waals surface area contributed by atoms with Crippen molar-refractivity contribution in [1.29, 1.82) is 0 Å². The van der Waals surface area contributed by atoms with Crippen molar-refractivity contribution < 1.29 is 14.0 Å². The fourth-order valence-electron chi connectivity index (χ4n) is 3.54. The van der Waals surface area contributed by atoms with Crippen LogP contribution in [0, 0.1) is 6.92 Å². The predicted molar refractivity (Wildman–Crippen MR) is 120 cm³/mol. The maximum atomic E-state index is 12.6. The third-order valence-corrected chi connectivity index (χ3v) is 5.04. The van der Waals surface area contributed by atoms with Crippen LogP contribution in [0.5, 0.6) is 0 Å². The molecular formula is C25H23N3O3. The van der Waals surface area contributed by atoms with E-state index in [4.69, 9.17) is 4.42 Å². The van der Waals surface area contributed by atoms with Crippen molar-refractivity contribution in [1.82, 2.24) is 10.3 Å². The Morgan fingerprint density at radius 3 is 2.55 bits per heavy atom. The third kappa shape index (κ3) is 4.64. The molecule has 6 nitrogen and oxygen atoms in total. The van der Waals surface area contributed by atoms with E-state index < -0.39 is 0 Å². The second kappa shape index (κ2) is 8.83. The van der Waals surface area contributed by atoms with Crippen molar-refractivity contribution >= 4 is 28.3 Å². The number of amides is 2. The number of hydrogen-bond acceptors (Lipinski definition) is 4. The van der Waals surface area contributed by atoms with Crippen LogP contribution in [0.2, 0.25) is 0 Å². The molecule has 2 amide bonds. The number of aromatic nitrogens is 1. The Hall–Kier alpha value is -3.93. The second-order valence-electron chi connectivity index (χ2n) is 7.34. The molecule has 0 saturated carbocycles. The number of rotatable bonds is 6. The van der Waals surface area contributed by atoms with Gasteiger partial charge in [0.15, 0.2) is 0 Å². The van der Waals surface area contributed by atoms with Gasteiger partial charge in [0.05, 0.1) is 24.2 Å². The smallest absolute Gasteiger partial charge is 0.228 e.